The number of hydrogen-bond acceptors (Lipinski definition) is 9. The second-order valence-electron chi connectivity index (χ2n) is 3.76. The zero-order valence-electron chi connectivity index (χ0n) is 9.17. The molecule has 1 heterocycles. The van der Waals surface area contributed by atoms with E-state index in [0.29, 0.717) is 0 Å². The third-order valence-corrected chi connectivity index (χ3v) is 3.38. The second-order valence-corrected chi connectivity index (χ2v) is 5.40. The molecule has 7 atom stereocenters. The van der Waals surface area contributed by atoms with Gasteiger partial charge in [0.1, 0.15) is 24.4 Å². The molecule has 0 aromatic rings. The summed E-state index contributed by atoms with van der Waals surface area (Å²) in [5.41, 5.74) is -2.25. The molecule has 0 spiro atoms. The van der Waals surface area contributed by atoms with Crippen LogP contribution in [-0.4, -0.2) is 78.2 Å². The molecule has 1 rings (SSSR count). The van der Waals surface area contributed by atoms with Gasteiger partial charge in [0.2, 0.25) is 0 Å². The highest BCUT2D eigenvalue weighted by Gasteiger charge is 2.48. The lowest BCUT2D eigenvalue weighted by atomic mass is 9.99. The van der Waals surface area contributed by atoms with Crippen LogP contribution in [0.15, 0.2) is 0 Å². The van der Waals surface area contributed by atoms with Gasteiger partial charge in [-0.05, 0) is 0 Å². The Hall–Kier alpha value is -0.620. The van der Waals surface area contributed by atoms with Gasteiger partial charge in [-0.1, -0.05) is 0 Å². The zero-order chi connectivity index (χ0) is 15.0. The van der Waals surface area contributed by atoms with Crippen LogP contribution in [0.25, 0.3) is 0 Å². The van der Waals surface area contributed by atoms with Gasteiger partial charge in [-0.3, -0.25) is 4.52 Å². The van der Waals surface area contributed by atoms with Crippen molar-refractivity contribution in [3.05, 3.63) is 0 Å². The normalized spacial score (nSPS) is 40.4. The summed E-state index contributed by atoms with van der Waals surface area (Å²) < 4.78 is 19.3. The van der Waals surface area contributed by atoms with E-state index in [4.69, 9.17) is 20.2 Å². The molecule has 1 fully saturated rings. The minimum Gasteiger partial charge on any atom is -0.472 e. The van der Waals surface area contributed by atoms with Crippen LogP contribution in [-0.2, 0) is 13.8 Å². The van der Waals surface area contributed by atoms with E-state index in [0.717, 1.165) is 0 Å². The maximum Gasteiger partial charge on any atom is 0.438 e. The molecule has 2 unspecified atom stereocenters. The lowest BCUT2D eigenvalue weighted by molar-refractivity contribution is -0.313. The van der Waals surface area contributed by atoms with Gasteiger partial charge < -0.3 is 40.3 Å². The lowest BCUT2D eigenvalue weighted by Crippen LogP contribution is -2.60. The summed E-state index contributed by atoms with van der Waals surface area (Å²) in [5.74, 6) is 0. The fourth-order valence-corrected chi connectivity index (χ4v) is 1.88. The molecule has 0 bridgehead atoms. The van der Waals surface area contributed by atoms with E-state index in [1.807, 2.05) is 0 Å². The van der Waals surface area contributed by atoms with Crippen molar-refractivity contribution in [3.8, 4) is 0 Å². The average Bonchev–Trinajstić information content (AvgIpc) is 2.30. The molecule has 0 radical (unpaired) electrons. The Balaban J connectivity index is 2.79. The Morgan fingerprint density at radius 1 is 1.16 bits per heavy atom. The highest BCUT2D eigenvalue weighted by molar-refractivity contribution is 7.70. The van der Waals surface area contributed by atoms with Gasteiger partial charge >= 0.3 is 13.3 Å². The lowest BCUT2D eigenvalue weighted by Gasteiger charge is -2.39. The first kappa shape index (κ1) is 16.4. The van der Waals surface area contributed by atoms with E-state index in [2.05, 4.69) is 9.26 Å². The van der Waals surface area contributed by atoms with Crippen LogP contribution >= 0.6 is 7.60 Å². The van der Waals surface area contributed by atoms with Gasteiger partial charge in [0.15, 0.2) is 12.6 Å². The zero-order valence-corrected chi connectivity index (χ0v) is 10.1. The Kier molecular flexibility index (Phi) is 5.01. The number of aliphatic hydroxyl groups is 5. The second kappa shape index (κ2) is 5.79. The highest BCUT2D eigenvalue weighted by Crippen LogP contribution is 2.44. The van der Waals surface area contributed by atoms with E-state index in [9.17, 15) is 24.7 Å². The van der Waals surface area contributed by atoms with Crippen molar-refractivity contribution in [1.82, 2.24) is 0 Å². The molecule has 11 nitrogen and oxygen atoms in total. The molecule has 19 heavy (non-hydrogen) atoms. The molecule has 1 aliphatic heterocycles. The van der Waals surface area contributed by atoms with Crippen molar-refractivity contribution >= 4 is 13.3 Å². The summed E-state index contributed by atoms with van der Waals surface area (Å²) in [7, 11) is -5.22. The Morgan fingerprint density at radius 2 is 1.68 bits per heavy atom. The standard InChI is InChI=1S/C7H13O11P/c8-1-2(9)4(17-5(11)3(1)10)6(12)18-19(15,16)7(13)14/h1-6,8-12H,(H,13,14)(H,15,16)/t1-,2-,3+,4-,5-,6?/m0/s1. The van der Waals surface area contributed by atoms with Crippen molar-refractivity contribution in [2.45, 2.75) is 37.0 Å². The molecule has 12 heteroatoms. The van der Waals surface area contributed by atoms with Crippen molar-refractivity contribution < 1.29 is 54.2 Å². The SMILES string of the molecule is O=C(O)P(=O)(O)OC(O)[C@H]1O[C@H](O)[C@H](O)[C@@H](O)[C@@H]1O. The summed E-state index contributed by atoms with van der Waals surface area (Å²) >= 11 is 0. The van der Waals surface area contributed by atoms with Crippen LogP contribution in [0.4, 0.5) is 4.79 Å². The Labute approximate surface area is 105 Å². The highest BCUT2D eigenvalue weighted by atomic mass is 31.2. The summed E-state index contributed by atoms with van der Waals surface area (Å²) in [6, 6.07) is 0. The molecule has 0 aromatic heterocycles. The van der Waals surface area contributed by atoms with Crippen molar-refractivity contribution in [3.63, 3.8) is 0 Å². The maximum absolute atomic E-state index is 11.0. The molecule has 0 aliphatic carbocycles. The first-order valence-electron chi connectivity index (χ1n) is 4.88. The fourth-order valence-electron chi connectivity index (χ4n) is 1.37. The summed E-state index contributed by atoms with van der Waals surface area (Å²) in [6.07, 6.45) is -12.2. The third-order valence-electron chi connectivity index (χ3n) is 2.40. The van der Waals surface area contributed by atoms with Crippen LogP contribution in [0.3, 0.4) is 0 Å². The van der Waals surface area contributed by atoms with Gasteiger partial charge in [-0.15, -0.1) is 0 Å². The first-order valence-corrected chi connectivity index (χ1v) is 6.46. The number of carbonyl (C=O) groups is 1. The number of hydrogen-bond donors (Lipinski definition) is 7. The predicted octanol–water partition coefficient (Wildman–Crippen LogP) is -3.02. The predicted molar refractivity (Wildman–Crippen MR) is 53.8 cm³/mol. The van der Waals surface area contributed by atoms with Crippen molar-refractivity contribution in [2.75, 3.05) is 0 Å². The van der Waals surface area contributed by atoms with Crippen LogP contribution in [0.1, 0.15) is 0 Å². The maximum atomic E-state index is 11.0. The molecule has 0 amide bonds. The molecule has 0 aromatic carbocycles. The van der Waals surface area contributed by atoms with Gasteiger partial charge in [-0.25, -0.2) is 9.36 Å². The quantitative estimate of drug-likeness (QED) is 0.206. The van der Waals surface area contributed by atoms with Gasteiger partial charge in [0.25, 0.3) is 0 Å². The molecular weight excluding hydrogens is 291 g/mol. The Morgan fingerprint density at radius 3 is 2.16 bits per heavy atom. The molecular formula is C7H13O11P. The van der Waals surface area contributed by atoms with Crippen LogP contribution in [0.2, 0.25) is 0 Å². The minimum atomic E-state index is -5.22. The summed E-state index contributed by atoms with van der Waals surface area (Å²) in [6.45, 7) is 0. The number of rotatable bonds is 4. The Bertz CT molecular complexity index is 385. The monoisotopic (exact) mass is 304 g/mol. The minimum absolute atomic E-state index is 1.88. The van der Waals surface area contributed by atoms with Crippen molar-refractivity contribution in [2.24, 2.45) is 0 Å². The van der Waals surface area contributed by atoms with Gasteiger partial charge in [0, 0.05) is 0 Å². The largest absolute Gasteiger partial charge is 0.472 e. The van der Waals surface area contributed by atoms with E-state index >= 15 is 0 Å². The van der Waals surface area contributed by atoms with E-state index in [1.165, 1.54) is 0 Å². The van der Waals surface area contributed by atoms with Crippen LogP contribution < -0.4 is 0 Å². The summed E-state index contributed by atoms with van der Waals surface area (Å²) in [4.78, 5) is 19.1. The van der Waals surface area contributed by atoms with E-state index < -0.39 is 50.3 Å². The van der Waals surface area contributed by atoms with E-state index in [-0.39, 0.29) is 0 Å². The van der Waals surface area contributed by atoms with Crippen LogP contribution in [0, 0.1) is 0 Å². The van der Waals surface area contributed by atoms with E-state index in [1.54, 1.807) is 0 Å². The topological polar surface area (TPSA) is 194 Å². The smallest absolute Gasteiger partial charge is 0.438 e. The average molecular weight is 304 g/mol. The molecule has 0 saturated carbocycles. The van der Waals surface area contributed by atoms with Crippen molar-refractivity contribution in [1.29, 1.82) is 0 Å². The van der Waals surface area contributed by atoms with Gasteiger partial charge in [-0.2, -0.15) is 0 Å². The van der Waals surface area contributed by atoms with Gasteiger partial charge in [0.05, 0.1) is 0 Å². The first-order chi connectivity index (χ1) is 8.58. The number of aliphatic hydroxyl groups excluding tert-OH is 5. The fraction of sp³-hybridized carbons (Fsp3) is 0.857. The molecule has 112 valence electrons. The van der Waals surface area contributed by atoms with Crippen LogP contribution in [0.5, 0.6) is 0 Å². The molecule has 7 N–H and O–H groups in total. The molecule has 1 aliphatic rings. The number of ether oxygens (including phenoxy) is 1. The third kappa shape index (κ3) is 3.48. The summed E-state index contributed by atoms with van der Waals surface area (Å²) in [5, 5.41) is 54.6. The number of carboxylic acid groups (broad SMARTS) is 1. The molecule has 1 saturated heterocycles.